The van der Waals surface area contributed by atoms with Gasteiger partial charge >= 0.3 is 0 Å². The predicted molar refractivity (Wildman–Crippen MR) is 89.7 cm³/mol. The van der Waals surface area contributed by atoms with Crippen LogP contribution in [0.5, 0.6) is 0 Å². The van der Waals surface area contributed by atoms with Gasteiger partial charge in [-0.25, -0.2) is 4.98 Å². The van der Waals surface area contributed by atoms with Crippen molar-refractivity contribution < 1.29 is 4.79 Å². The van der Waals surface area contributed by atoms with Crippen molar-refractivity contribution in [1.29, 1.82) is 0 Å². The summed E-state index contributed by atoms with van der Waals surface area (Å²) >= 11 is 1.17. The van der Waals surface area contributed by atoms with Crippen LogP contribution in [0.15, 0.2) is 41.3 Å². The fraction of sp³-hybridized carbons (Fsp3) is 0.133. The Hall–Kier alpha value is -3.07. The molecule has 0 spiro atoms. The van der Waals surface area contributed by atoms with Gasteiger partial charge in [0.2, 0.25) is 5.13 Å². The monoisotopic (exact) mass is 342 g/mol. The third-order valence-electron chi connectivity index (χ3n) is 3.28. The van der Waals surface area contributed by atoms with Crippen molar-refractivity contribution >= 4 is 22.4 Å². The molecule has 1 amide bonds. The molecule has 1 aromatic carbocycles. The normalized spacial score (nSPS) is 11.9. The molecule has 4 N–H and O–H groups in total. The lowest BCUT2D eigenvalue weighted by Gasteiger charge is -2.16. The number of hydrogen-bond donors (Lipinski definition) is 3. The molecule has 0 aliphatic rings. The van der Waals surface area contributed by atoms with E-state index in [4.69, 9.17) is 5.73 Å². The van der Waals surface area contributed by atoms with Crippen LogP contribution >= 0.6 is 11.3 Å². The van der Waals surface area contributed by atoms with Crippen molar-refractivity contribution in [2.45, 2.75) is 13.0 Å². The molecule has 24 heavy (non-hydrogen) atoms. The Bertz CT molecular complexity index is 921. The number of H-pyrrole nitrogens is 1. The second kappa shape index (κ2) is 6.59. The molecule has 0 bridgehead atoms. The second-order valence-corrected chi connectivity index (χ2v) is 6.05. The Kier molecular flexibility index (Phi) is 4.34. The number of nitrogens with one attached hydrogen (secondary N) is 2. The topological polar surface area (TPSA) is 127 Å². The molecule has 0 aliphatic heterocycles. The number of anilines is 1. The number of rotatable bonds is 4. The molecule has 0 saturated carbocycles. The van der Waals surface area contributed by atoms with Gasteiger partial charge in [-0.3, -0.25) is 9.59 Å². The summed E-state index contributed by atoms with van der Waals surface area (Å²) in [5.41, 5.74) is 5.88. The van der Waals surface area contributed by atoms with Gasteiger partial charge < -0.3 is 16.0 Å². The van der Waals surface area contributed by atoms with Crippen molar-refractivity contribution in [1.82, 2.24) is 25.5 Å². The van der Waals surface area contributed by atoms with Gasteiger partial charge in [-0.2, -0.15) is 0 Å². The van der Waals surface area contributed by atoms with Crippen molar-refractivity contribution in [2.24, 2.45) is 0 Å². The van der Waals surface area contributed by atoms with Gasteiger partial charge in [0, 0.05) is 6.20 Å². The lowest BCUT2D eigenvalue weighted by atomic mass is 10.1. The fourth-order valence-corrected chi connectivity index (χ4v) is 2.84. The maximum atomic E-state index is 12.5. The molecule has 2 heterocycles. The third-order valence-corrected chi connectivity index (χ3v) is 4.10. The molecule has 0 saturated heterocycles. The summed E-state index contributed by atoms with van der Waals surface area (Å²) in [7, 11) is 0. The minimum Gasteiger partial charge on any atom is -0.374 e. The van der Waals surface area contributed by atoms with Crippen LogP contribution in [0.1, 0.15) is 32.8 Å². The average Bonchev–Trinajstić information content (AvgIpc) is 2.99. The number of carbonyl (C=O) groups is 1. The van der Waals surface area contributed by atoms with Gasteiger partial charge in [0.15, 0.2) is 0 Å². The molecule has 3 aromatic rings. The Morgan fingerprint density at radius 1 is 1.29 bits per heavy atom. The molecular weight excluding hydrogens is 328 g/mol. The van der Waals surface area contributed by atoms with Gasteiger partial charge in [0.25, 0.3) is 11.5 Å². The zero-order valence-electron chi connectivity index (χ0n) is 12.7. The number of hydrogen-bond acceptors (Lipinski definition) is 7. The molecule has 8 nitrogen and oxygen atoms in total. The standard InChI is InChI=1S/C15H14N6O2S/c1-8-17-7-10(12(22)18-8)13(23)19-11(9-5-3-2-4-6-9)14-20-21-15(16)24-14/h2-7,11H,1H3,(H2,16,21)(H,19,23)(H,17,18,22). The zero-order valence-corrected chi connectivity index (χ0v) is 13.5. The molecule has 2 aromatic heterocycles. The lowest BCUT2D eigenvalue weighted by Crippen LogP contribution is -2.33. The van der Waals surface area contributed by atoms with Crippen LogP contribution in [-0.2, 0) is 0 Å². The van der Waals surface area contributed by atoms with Crippen molar-refractivity contribution in [3.8, 4) is 0 Å². The van der Waals surface area contributed by atoms with E-state index >= 15 is 0 Å². The zero-order chi connectivity index (χ0) is 17.1. The van der Waals surface area contributed by atoms with E-state index in [2.05, 4.69) is 25.5 Å². The molecule has 122 valence electrons. The highest BCUT2D eigenvalue weighted by Gasteiger charge is 2.23. The van der Waals surface area contributed by atoms with E-state index < -0.39 is 17.5 Å². The first kappa shape index (κ1) is 15.8. The number of benzene rings is 1. The molecule has 1 unspecified atom stereocenters. The smallest absolute Gasteiger partial charge is 0.263 e. The summed E-state index contributed by atoms with van der Waals surface area (Å²) in [5.74, 6) is -0.112. The summed E-state index contributed by atoms with van der Waals surface area (Å²) in [6.45, 7) is 1.64. The summed E-state index contributed by atoms with van der Waals surface area (Å²) < 4.78 is 0. The number of aromatic amines is 1. The Balaban J connectivity index is 1.95. The highest BCUT2D eigenvalue weighted by molar-refractivity contribution is 7.15. The Labute approximate surface area is 140 Å². The lowest BCUT2D eigenvalue weighted by molar-refractivity contribution is 0.0941. The third kappa shape index (κ3) is 3.30. The first-order chi connectivity index (χ1) is 11.5. The number of aryl methyl sites for hydroxylation is 1. The van der Waals surface area contributed by atoms with Crippen molar-refractivity contribution in [3.63, 3.8) is 0 Å². The Morgan fingerprint density at radius 3 is 2.67 bits per heavy atom. The van der Waals surface area contributed by atoms with Crippen LogP contribution in [0.4, 0.5) is 5.13 Å². The maximum absolute atomic E-state index is 12.5. The van der Waals surface area contributed by atoms with E-state index in [0.29, 0.717) is 16.0 Å². The van der Waals surface area contributed by atoms with Crippen LogP contribution in [0.25, 0.3) is 0 Å². The van der Waals surface area contributed by atoms with Crippen molar-refractivity contribution in [3.05, 3.63) is 68.8 Å². The van der Waals surface area contributed by atoms with Gasteiger partial charge in [-0.15, -0.1) is 10.2 Å². The fourth-order valence-electron chi connectivity index (χ4n) is 2.15. The first-order valence-corrected chi connectivity index (χ1v) is 7.87. The van der Waals surface area contributed by atoms with E-state index in [9.17, 15) is 9.59 Å². The van der Waals surface area contributed by atoms with Crippen LogP contribution < -0.4 is 16.6 Å². The quantitative estimate of drug-likeness (QED) is 0.650. The molecule has 3 rings (SSSR count). The van der Waals surface area contributed by atoms with E-state index in [1.54, 1.807) is 6.92 Å². The highest BCUT2D eigenvalue weighted by Crippen LogP contribution is 2.26. The number of nitrogens with two attached hydrogens (primary N) is 1. The number of amides is 1. The minimum absolute atomic E-state index is 0.0704. The SMILES string of the molecule is Cc1ncc(C(=O)NC(c2ccccc2)c2nnc(N)s2)c(=O)[nH]1. The maximum Gasteiger partial charge on any atom is 0.263 e. The minimum atomic E-state index is -0.561. The number of carbonyl (C=O) groups excluding carboxylic acids is 1. The Morgan fingerprint density at radius 2 is 2.04 bits per heavy atom. The summed E-state index contributed by atoms with van der Waals surface area (Å²) in [6.07, 6.45) is 1.25. The average molecular weight is 342 g/mol. The largest absolute Gasteiger partial charge is 0.374 e. The van der Waals surface area contributed by atoms with Crippen LogP contribution in [0, 0.1) is 6.92 Å². The van der Waals surface area contributed by atoms with Crippen LogP contribution in [0.2, 0.25) is 0 Å². The number of aromatic nitrogens is 4. The van der Waals surface area contributed by atoms with E-state index in [1.165, 1.54) is 17.5 Å². The molecular formula is C15H14N6O2S. The molecule has 0 fully saturated rings. The highest BCUT2D eigenvalue weighted by atomic mass is 32.1. The number of nitrogens with zero attached hydrogens (tertiary/aromatic N) is 3. The predicted octanol–water partition coefficient (Wildman–Crippen LogP) is 1.03. The summed E-state index contributed by atoms with van der Waals surface area (Å²) in [4.78, 5) is 30.9. The molecule has 9 heteroatoms. The van der Waals surface area contributed by atoms with Gasteiger partial charge in [-0.1, -0.05) is 41.7 Å². The second-order valence-electron chi connectivity index (χ2n) is 5.01. The first-order valence-electron chi connectivity index (χ1n) is 7.05. The summed E-state index contributed by atoms with van der Waals surface area (Å²) in [6, 6.07) is 8.69. The van der Waals surface area contributed by atoms with E-state index in [0.717, 1.165) is 5.56 Å². The van der Waals surface area contributed by atoms with E-state index in [1.807, 2.05) is 30.3 Å². The van der Waals surface area contributed by atoms with Crippen LogP contribution in [0.3, 0.4) is 0 Å². The molecule has 0 aliphatic carbocycles. The molecule has 1 atom stereocenters. The van der Waals surface area contributed by atoms with Gasteiger partial charge in [0.05, 0.1) is 0 Å². The van der Waals surface area contributed by atoms with E-state index in [-0.39, 0.29) is 5.56 Å². The summed E-state index contributed by atoms with van der Waals surface area (Å²) in [5, 5.41) is 11.4. The van der Waals surface area contributed by atoms with Crippen LogP contribution in [-0.4, -0.2) is 26.1 Å². The molecule has 0 radical (unpaired) electrons. The van der Waals surface area contributed by atoms with Gasteiger partial charge in [0.1, 0.15) is 22.4 Å². The number of nitrogen functional groups attached to an aromatic ring is 1. The van der Waals surface area contributed by atoms with Crippen molar-refractivity contribution in [2.75, 3.05) is 5.73 Å². The van der Waals surface area contributed by atoms with Gasteiger partial charge in [-0.05, 0) is 12.5 Å².